The molecule has 0 spiro atoms. The zero-order valence-electron chi connectivity index (χ0n) is 13.8. The standard InChI is InChI=1S/C17H18N2O4S2/c1-3-4-12(16(22)23)18-14(20)11-7-5-10(6-8-11)9-13-15(21)19(2)17(24)25-13/h5-9,12H,3-4H2,1-2H3,(H,18,20)(H,22,23)/b13-9+. The van der Waals surface area contributed by atoms with Crippen molar-refractivity contribution in [3.8, 4) is 0 Å². The van der Waals surface area contributed by atoms with Gasteiger partial charge in [0.15, 0.2) is 0 Å². The quantitative estimate of drug-likeness (QED) is 0.584. The molecule has 0 aliphatic carbocycles. The highest BCUT2D eigenvalue weighted by Crippen LogP contribution is 2.31. The Morgan fingerprint density at radius 1 is 1.36 bits per heavy atom. The number of carbonyl (C=O) groups is 3. The second-order valence-electron chi connectivity index (χ2n) is 5.52. The van der Waals surface area contributed by atoms with Gasteiger partial charge >= 0.3 is 5.97 Å². The van der Waals surface area contributed by atoms with Crippen molar-refractivity contribution in [1.82, 2.24) is 10.2 Å². The van der Waals surface area contributed by atoms with Gasteiger partial charge in [0.2, 0.25) is 0 Å². The maximum absolute atomic E-state index is 12.2. The van der Waals surface area contributed by atoms with Crippen molar-refractivity contribution in [2.45, 2.75) is 25.8 Å². The highest BCUT2D eigenvalue weighted by Gasteiger charge is 2.28. The average Bonchev–Trinajstić information content (AvgIpc) is 2.82. The Hall–Kier alpha value is -2.19. The summed E-state index contributed by atoms with van der Waals surface area (Å²) in [5.74, 6) is -1.64. The van der Waals surface area contributed by atoms with Gasteiger partial charge in [-0.1, -0.05) is 49.5 Å². The minimum Gasteiger partial charge on any atom is -0.480 e. The van der Waals surface area contributed by atoms with E-state index in [1.807, 2.05) is 6.92 Å². The van der Waals surface area contributed by atoms with Crippen molar-refractivity contribution in [3.63, 3.8) is 0 Å². The number of amides is 2. The van der Waals surface area contributed by atoms with Crippen LogP contribution in [0.1, 0.15) is 35.7 Å². The Bertz CT molecular complexity index is 744. The molecule has 1 aromatic carbocycles. The van der Waals surface area contributed by atoms with Crippen LogP contribution in [0.5, 0.6) is 0 Å². The Labute approximate surface area is 155 Å². The first-order valence-electron chi connectivity index (χ1n) is 7.68. The predicted octanol–water partition coefficient (Wildman–Crippen LogP) is 2.50. The Balaban J connectivity index is 2.09. The van der Waals surface area contributed by atoms with Gasteiger partial charge < -0.3 is 10.4 Å². The summed E-state index contributed by atoms with van der Waals surface area (Å²) in [5.41, 5.74) is 1.12. The average molecular weight is 378 g/mol. The smallest absolute Gasteiger partial charge is 0.326 e. The Kier molecular flexibility index (Phi) is 6.33. The second-order valence-corrected chi connectivity index (χ2v) is 7.19. The zero-order chi connectivity index (χ0) is 18.6. The van der Waals surface area contributed by atoms with E-state index in [0.717, 1.165) is 5.56 Å². The molecule has 1 aliphatic heterocycles. The van der Waals surface area contributed by atoms with Crippen molar-refractivity contribution in [2.75, 3.05) is 7.05 Å². The van der Waals surface area contributed by atoms with E-state index in [1.54, 1.807) is 37.4 Å². The van der Waals surface area contributed by atoms with Crippen molar-refractivity contribution in [1.29, 1.82) is 0 Å². The number of benzene rings is 1. The molecule has 1 heterocycles. The van der Waals surface area contributed by atoms with Crippen LogP contribution < -0.4 is 5.32 Å². The van der Waals surface area contributed by atoms with Crippen LogP contribution in [0.4, 0.5) is 0 Å². The predicted molar refractivity (Wildman–Crippen MR) is 101 cm³/mol. The minimum atomic E-state index is -1.05. The summed E-state index contributed by atoms with van der Waals surface area (Å²) >= 11 is 6.30. The largest absolute Gasteiger partial charge is 0.480 e. The van der Waals surface area contributed by atoms with Gasteiger partial charge in [0.25, 0.3) is 11.8 Å². The summed E-state index contributed by atoms with van der Waals surface area (Å²) in [6.07, 6.45) is 2.74. The normalized spacial score (nSPS) is 17.0. The number of nitrogens with one attached hydrogen (secondary N) is 1. The number of nitrogens with zero attached hydrogens (tertiary/aromatic N) is 1. The first kappa shape index (κ1) is 19.1. The molecule has 1 fully saturated rings. The number of thioether (sulfide) groups is 1. The number of rotatable bonds is 6. The van der Waals surface area contributed by atoms with E-state index in [1.165, 1.54) is 16.7 Å². The summed E-state index contributed by atoms with van der Waals surface area (Å²) in [5, 5.41) is 11.6. The molecule has 0 aromatic heterocycles. The summed E-state index contributed by atoms with van der Waals surface area (Å²) in [7, 11) is 1.63. The lowest BCUT2D eigenvalue weighted by atomic mass is 10.1. The van der Waals surface area contributed by atoms with E-state index >= 15 is 0 Å². The molecule has 1 aliphatic rings. The van der Waals surface area contributed by atoms with Gasteiger partial charge in [0, 0.05) is 12.6 Å². The lowest BCUT2D eigenvalue weighted by Gasteiger charge is -2.13. The molecule has 1 saturated heterocycles. The topological polar surface area (TPSA) is 86.7 Å². The molecule has 25 heavy (non-hydrogen) atoms. The third-order valence-corrected chi connectivity index (χ3v) is 5.12. The van der Waals surface area contributed by atoms with Gasteiger partial charge in [-0.25, -0.2) is 4.79 Å². The second kappa shape index (κ2) is 8.26. The van der Waals surface area contributed by atoms with E-state index in [2.05, 4.69) is 5.32 Å². The van der Waals surface area contributed by atoms with Gasteiger partial charge in [-0.3, -0.25) is 14.5 Å². The van der Waals surface area contributed by atoms with E-state index in [-0.39, 0.29) is 5.91 Å². The highest BCUT2D eigenvalue weighted by atomic mass is 32.2. The van der Waals surface area contributed by atoms with Crippen LogP contribution in [0.3, 0.4) is 0 Å². The SMILES string of the molecule is CCCC(NC(=O)c1ccc(/C=C2/SC(=S)N(C)C2=O)cc1)C(=O)O. The van der Waals surface area contributed by atoms with Gasteiger partial charge in [0.1, 0.15) is 10.4 Å². The van der Waals surface area contributed by atoms with Crippen molar-refractivity contribution in [2.24, 2.45) is 0 Å². The fourth-order valence-corrected chi connectivity index (χ4v) is 3.39. The van der Waals surface area contributed by atoms with Gasteiger partial charge in [-0.15, -0.1) is 0 Å². The molecule has 132 valence electrons. The molecule has 0 saturated carbocycles. The molecule has 2 amide bonds. The summed E-state index contributed by atoms with van der Waals surface area (Å²) in [6.45, 7) is 1.86. The molecule has 2 N–H and O–H groups in total. The first-order valence-corrected chi connectivity index (χ1v) is 8.91. The molecular weight excluding hydrogens is 360 g/mol. The van der Waals surface area contributed by atoms with Crippen LogP contribution in [-0.2, 0) is 9.59 Å². The van der Waals surface area contributed by atoms with Crippen molar-refractivity contribution >= 4 is 52.2 Å². The third-order valence-electron chi connectivity index (χ3n) is 3.64. The molecular formula is C17H18N2O4S2. The van der Waals surface area contributed by atoms with E-state index in [0.29, 0.717) is 27.6 Å². The maximum atomic E-state index is 12.2. The number of likely N-dealkylation sites (N-methyl/N-ethyl adjacent to an activating group) is 1. The molecule has 6 nitrogen and oxygen atoms in total. The van der Waals surface area contributed by atoms with Crippen molar-refractivity contribution < 1.29 is 19.5 Å². The van der Waals surface area contributed by atoms with E-state index in [4.69, 9.17) is 17.3 Å². The van der Waals surface area contributed by atoms with E-state index < -0.39 is 17.9 Å². The van der Waals surface area contributed by atoms with Crippen LogP contribution in [-0.4, -0.2) is 45.2 Å². The molecule has 0 bridgehead atoms. The first-order chi connectivity index (χ1) is 11.8. The molecule has 1 unspecified atom stereocenters. The molecule has 0 radical (unpaired) electrons. The molecule has 1 aromatic rings. The third kappa shape index (κ3) is 4.67. The number of carboxylic acid groups (broad SMARTS) is 1. The Morgan fingerprint density at radius 2 is 2.00 bits per heavy atom. The van der Waals surface area contributed by atoms with E-state index in [9.17, 15) is 14.4 Å². The summed E-state index contributed by atoms with van der Waals surface area (Å²) < 4.78 is 0.503. The van der Waals surface area contributed by atoms with Crippen LogP contribution in [0.25, 0.3) is 6.08 Å². The fourth-order valence-electron chi connectivity index (χ4n) is 2.22. The molecule has 8 heteroatoms. The van der Waals surface area contributed by atoms with Gasteiger partial charge in [-0.05, 0) is 30.2 Å². The highest BCUT2D eigenvalue weighted by molar-refractivity contribution is 8.26. The molecule has 2 rings (SSSR count). The number of carboxylic acids is 1. The zero-order valence-corrected chi connectivity index (χ0v) is 15.4. The van der Waals surface area contributed by atoms with Crippen molar-refractivity contribution in [3.05, 3.63) is 40.3 Å². The summed E-state index contributed by atoms with van der Waals surface area (Å²) in [6, 6.07) is 5.69. The lowest BCUT2D eigenvalue weighted by molar-refractivity contribution is -0.139. The van der Waals surface area contributed by atoms with Gasteiger partial charge in [0.05, 0.1) is 4.91 Å². The van der Waals surface area contributed by atoms with Crippen LogP contribution >= 0.6 is 24.0 Å². The minimum absolute atomic E-state index is 0.152. The summed E-state index contributed by atoms with van der Waals surface area (Å²) in [4.78, 5) is 37.2. The van der Waals surface area contributed by atoms with Crippen LogP contribution in [0.15, 0.2) is 29.2 Å². The van der Waals surface area contributed by atoms with Gasteiger partial charge in [-0.2, -0.15) is 0 Å². The number of hydrogen-bond donors (Lipinski definition) is 2. The monoisotopic (exact) mass is 378 g/mol. The number of aliphatic carboxylic acids is 1. The van der Waals surface area contributed by atoms with Crippen LogP contribution in [0.2, 0.25) is 0 Å². The number of carbonyl (C=O) groups excluding carboxylic acids is 2. The maximum Gasteiger partial charge on any atom is 0.326 e. The lowest BCUT2D eigenvalue weighted by Crippen LogP contribution is -2.40. The fraction of sp³-hybridized carbons (Fsp3) is 0.294. The number of hydrogen-bond acceptors (Lipinski definition) is 5. The van der Waals surface area contributed by atoms with Crippen LogP contribution in [0, 0.1) is 0 Å². The number of thiocarbonyl (C=S) groups is 1. The Morgan fingerprint density at radius 3 is 2.48 bits per heavy atom. The molecule has 1 atom stereocenters.